The maximum absolute atomic E-state index is 12.5. The molecule has 0 bridgehead atoms. The van der Waals surface area contributed by atoms with Crippen molar-refractivity contribution in [3.05, 3.63) is 39.9 Å². The summed E-state index contributed by atoms with van der Waals surface area (Å²) >= 11 is 6.09. The normalized spacial score (nSPS) is 22.8. The minimum atomic E-state index is -0.501. The van der Waals surface area contributed by atoms with E-state index in [-0.39, 0.29) is 5.91 Å². The van der Waals surface area contributed by atoms with Gasteiger partial charge in [0, 0.05) is 22.7 Å². The van der Waals surface area contributed by atoms with Gasteiger partial charge in [0.05, 0.1) is 18.8 Å². The van der Waals surface area contributed by atoms with Crippen molar-refractivity contribution in [3.8, 4) is 0 Å². The van der Waals surface area contributed by atoms with Crippen molar-refractivity contribution in [2.24, 2.45) is 10.7 Å². The molecular weight excluding hydrogens is 338 g/mol. The number of nitrogens with two attached hydrogens (primary N) is 1. The van der Waals surface area contributed by atoms with Gasteiger partial charge in [0.25, 0.3) is 0 Å². The zero-order valence-corrected chi connectivity index (χ0v) is 15.8. The van der Waals surface area contributed by atoms with Crippen molar-refractivity contribution in [3.63, 3.8) is 0 Å². The van der Waals surface area contributed by atoms with Gasteiger partial charge in [-0.1, -0.05) is 17.7 Å². The van der Waals surface area contributed by atoms with Crippen LogP contribution in [-0.2, 0) is 4.79 Å². The highest BCUT2D eigenvalue weighted by atomic mass is 35.5. The molecule has 3 rings (SSSR count). The molecule has 6 nitrogen and oxygen atoms in total. The van der Waals surface area contributed by atoms with Crippen LogP contribution in [0.5, 0.6) is 0 Å². The highest BCUT2D eigenvalue weighted by molar-refractivity contribution is 6.30. The predicted octanol–water partition coefficient (Wildman–Crippen LogP) is 1.44. The smallest absolute Gasteiger partial charge is 0.237 e. The first kappa shape index (κ1) is 17.8. The van der Waals surface area contributed by atoms with E-state index in [2.05, 4.69) is 10.3 Å². The number of carbonyl (C=O) groups is 1. The average molecular weight is 362 g/mol. The van der Waals surface area contributed by atoms with Gasteiger partial charge >= 0.3 is 0 Å². The van der Waals surface area contributed by atoms with Gasteiger partial charge in [-0.15, -0.1) is 0 Å². The molecule has 0 aliphatic carbocycles. The van der Waals surface area contributed by atoms with E-state index in [1.54, 1.807) is 0 Å². The molecule has 1 atom stereocenters. The van der Waals surface area contributed by atoms with Gasteiger partial charge in [-0.05, 0) is 45.6 Å². The molecule has 0 aromatic heterocycles. The first-order chi connectivity index (χ1) is 11.7. The number of likely N-dealkylation sites (N-methyl/N-ethyl adjacent to an activating group) is 1. The zero-order chi connectivity index (χ0) is 18.4. The summed E-state index contributed by atoms with van der Waals surface area (Å²) in [6, 6.07) is 5.77. The summed E-state index contributed by atoms with van der Waals surface area (Å²) in [5.74, 6) is 0.464. The van der Waals surface area contributed by atoms with Crippen LogP contribution in [0.1, 0.15) is 18.1 Å². The molecule has 1 fully saturated rings. The Morgan fingerprint density at radius 2 is 2.20 bits per heavy atom. The van der Waals surface area contributed by atoms with Gasteiger partial charge in [-0.2, -0.15) is 0 Å². The number of aryl methyl sites for hydroxylation is 1. The third-order valence-electron chi connectivity index (χ3n) is 4.68. The summed E-state index contributed by atoms with van der Waals surface area (Å²) in [7, 11) is 3.78. The van der Waals surface area contributed by atoms with Gasteiger partial charge < -0.3 is 20.9 Å². The van der Waals surface area contributed by atoms with E-state index in [4.69, 9.17) is 17.3 Å². The molecule has 25 heavy (non-hydrogen) atoms. The van der Waals surface area contributed by atoms with Gasteiger partial charge in [-0.3, -0.25) is 4.79 Å². The quantitative estimate of drug-likeness (QED) is 0.854. The molecule has 1 unspecified atom stereocenters. The van der Waals surface area contributed by atoms with Gasteiger partial charge in [0.15, 0.2) is 5.96 Å². The van der Waals surface area contributed by atoms with Gasteiger partial charge in [0.2, 0.25) is 5.91 Å². The van der Waals surface area contributed by atoms with E-state index >= 15 is 0 Å². The third kappa shape index (κ3) is 3.37. The topological polar surface area (TPSA) is 74.0 Å². The number of halogens is 1. The summed E-state index contributed by atoms with van der Waals surface area (Å²) in [6.45, 7) is 5.51. The molecule has 0 radical (unpaired) electrons. The molecular formula is C18H24ClN5O. The van der Waals surface area contributed by atoms with E-state index in [9.17, 15) is 4.79 Å². The molecule has 0 spiro atoms. The number of hydrogen-bond donors (Lipinski definition) is 2. The lowest BCUT2D eigenvalue weighted by atomic mass is 9.89. The highest BCUT2D eigenvalue weighted by Gasteiger charge is 2.44. The lowest BCUT2D eigenvalue weighted by Crippen LogP contribution is -2.43. The molecule has 1 aromatic carbocycles. The standard InChI is InChI=1S/C18H24ClN5O/c1-11-7-12(19)5-6-13(11)16-14-8-24(15(25)9-23(3)4)10-18(14,2)22-17(20)21-16/h5-7H,8-10H2,1-4H3,(H3,20,21,22). The molecule has 7 heteroatoms. The molecule has 2 aliphatic heterocycles. The molecule has 2 aliphatic rings. The minimum Gasteiger partial charge on any atom is -0.370 e. The maximum atomic E-state index is 12.5. The van der Waals surface area contributed by atoms with Crippen LogP contribution in [0.4, 0.5) is 0 Å². The fraction of sp³-hybridized carbons (Fsp3) is 0.444. The number of hydrogen-bond acceptors (Lipinski definition) is 5. The van der Waals surface area contributed by atoms with Crippen molar-refractivity contribution < 1.29 is 4.79 Å². The number of rotatable bonds is 3. The van der Waals surface area contributed by atoms with E-state index in [0.717, 1.165) is 22.4 Å². The zero-order valence-electron chi connectivity index (χ0n) is 15.1. The minimum absolute atomic E-state index is 0.0917. The Labute approximate surface area is 153 Å². The Hall–Kier alpha value is -2.05. The fourth-order valence-corrected chi connectivity index (χ4v) is 3.74. The van der Waals surface area contributed by atoms with Crippen molar-refractivity contribution >= 4 is 29.2 Å². The Morgan fingerprint density at radius 3 is 2.84 bits per heavy atom. The summed E-state index contributed by atoms with van der Waals surface area (Å²) in [6.07, 6.45) is 0. The second-order valence-electron chi connectivity index (χ2n) is 7.20. The van der Waals surface area contributed by atoms with E-state index < -0.39 is 5.54 Å². The number of nitrogens with zero attached hydrogens (tertiary/aromatic N) is 3. The molecule has 134 valence electrons. The van der Waals surface area contributed by atoms with Gasteiger partial charge in [0.1, 0.15) is 5.54 Å². The first-order valence-corrected chi connectivity index (χ1v) is 8.62. The number of carbonyl (C=O) groups excluding carboxylic acids is 1. The third-order valence-corrected chi connectivity index (χ3v) is 4.92. The van der Waals surface area contributed by atoms with E-state index in [1.807, 2.05) is 55.9 Å². The second-order valence-corrected chi connectivity index (χ2v) is 7.63. The number of aliphatic imine (C=N–C) groups is 1. The Kier molecular flexibility index (Phi) is 4.51. The van der Waals surface area contributed by atoms with Crippen LogP contribution in [0, 0.1) is 6.92 Å². The largest absolute Gasteiger partial charge is 0.370 e. The lowest BCUT2D eigenvalue weighted by molar-refractivity contribution is -0.130. The number of fused-ring (bicyclic) bond motifs is 1. The summed E-state index contributed by atoms with van der Waals surface area (Å²) in [5.41, 5.74) is 9.65. The molecule has 1 saturated heterocycles. The Balaban J connectivity index is 2.03. The van der Waals surface area contributed by atoms with Crippen molar-refractivity contribution in [2.75, 3.05) is 33.7 Å². The van der Waals surface area contributed by atoms with Crippen LogP contribution in [0.2, 0.25) is 5.02 Å². The van der Waals surface area contributed by atoms with Crippen LogP contribution in [0.25, 0.3) is 5.70 Å². The monoisotopic (exact) mass is 361 g/mol. The lowest BCUT2D eigenvalue weighted by Gasteiger charge is -2.30. The average Bonchev–Trinajstić information content (AvgIpc) is 2.83. The van der Waals surface area contributed by atoms with Crippen LogP contribution < -0.4 is 11.1 Å². The van der Waals surface area contributed by atoms with Crippen LogP contribution in [0.15, 0.2) is 28.8 Å². The molecule has 2 heterocycles. The van der Waals surface area contributed by atoms with Crippen molar-refractivity contribution in [1.29, 1.82) is 0 Å². The first-order valence-electron chi connectivity index (χ1n) is 8.24. The SMILES string of the molecule is Cc1cc(Cl)ccc1C1=C2CN(C(=O)CN(C)C)CC2(C)N=C(N)N1. The second kappa shape index (κ2) is 6.35. The highest BCUT2D eigenvalue weighted by Crippen LogP contribution is 2.38. The van der Waals surface area contributed by atoms with Crippen molar-refractivity contribution in [1.82, 2.24) is 15.1 Å². The maximum Gasteiger partial charge on any atom is 0.237 e. The molecule has 0 saturated carbocycles. The fourth-order valence-electron chi connectivity index (χ4n) is 3.52. The van der Waals surface area contributed by atoms with Crippen LogP contribution in [0.3, 0.4) is 0 Å². The summed E-state index contributed by atoms with van der Waals surface area (Å²) in [5, 5.41) is 3.90. The van der Waals surface area contributed by atoms with E-state index in [0.29, 0.717) is 30.6 Å². The molecule has 1 aromatic rings. The van der Waals surface area contributed by atoms with E-state index in [1.165, 1.54) is 0 Å². The predicted molar refractivity (Wildman–Crippen MR) is 101 cm³/mol. The number of amides is 1. The Bertz CT molecular complexity index is 786. The van der Waals surface area contributed by atoms with Crippen LogP contribution >= 0.6 is 11.6 Å². The van der Waals surface area contributed by atoms with Crippen LogP contribution in [-0.4, -0.2) is 60.9 Å². The summed E-state index contributed by atoms with van der Waals surface area (Å²) < 4.78 is 0. The number of nitrogens with one attached hydrogen (secondary N) is 1. The number of likely N-dealkylation sites (tertiary alicyclic amines) is 1. The van der Waals surface area contributed by atoms with Crippen molar-refractivity contribution in [2.45, 2.75) is 19.4 Å². The molecule has 3 N–H and O–H groups in total. The number of guanidine groups is 1. The van der Waals surface area contributed by atoms with Gasteiger partial charge in [-0.25, -0.2) is 4.99 Å². The number of benzene rings is 1. The summed E-state index contributed by atoms with van der Waals surface area (Å²) in [4.78, 5) is 20.9. The Morgan fingerprint density at radius 1 is 1.48 bits per heavy atom. The molecule has 1 amide bonds.